The molecule has 7 heteroatoms. The summed E-state index contributed by atoms with van der Waals surface area (Å²) in [6.07, 6.45) is 0. The smallest absolute Gasteiger partial charge is 0.262 e. The minimum Gasteiger partial charge on any atom is -0.287 e. The average molecular weight is 386 g/mol. The first-order valence-electron chi connectivity index (χ1n) is 7.85. The van der Waals surface area contributed by atoms with E-state index in [0.29, 0.717) is 17.7 Å². The summed E-state index contributed by atoms with van der Waals surface area (Å²) in [4.78, 5) is 22.0. The van der Waals surface area contributed by atoms with E-state index in [0.717, 1.165) is 21.4 Å². The molecule has 3 aromatic heterocycles. The average Bonchev–Trinajstić information content (AvgIpc) is 3.31. The van der Waals surface area contributed by atoms with Crippen molar-refractivity contribution in [2.75, 3.05) is 0 Å². The van der Waals surface area contributed by atoms with Gasteiger partial charge in [0.15, 0.2) is 5.16 Å². The normalized spacial score (nSPS) is 11.2. The number of rotatable bonds is 5. The van der Waals surface area contributed by atoms with E-state index in [2.05, 4.69) is 27.2 Å². The molecule has 0 amide bonds. The van der Waals surface area contributed by atoms with Crippen LogP contribution in [0.1, 0.15) is 12.6 Å². The van der Waals surface area contributed by atoms with Crippen LogP contribution in [0.2, 0.25) is 0 Å². The number of hydrogen-bond donors (Lipinski definition) is 0. The lowest BCUT2D eigenvalue weighted by Crippen LogP contribution is -2.22. The van der Waals surface area contributed by atoms with E-state index in [1.165, 1.54) is 5.56 Å². The van der Waals surface area contributed by atoms with E-state index < -0.39 is 0 Å². The third kappa shape index (κ3) is 3.27. The fourth-order valence-corrected chi connectivity index (χ4v) is 5.16. The fraction of sp³-hybridized carbons (Fsp3) is 0.167. The number of thiazole rings is 1. The first kappa shape index (κ1) is 16.5. The maximum atomic E-state index is 12.6. The minimum atomic E-state index is 0.0211. The SMILES string of the molecule is CCn1c(SCc2csc(-c3ccsc3)n2)nc2ccccc2c1=O. The number of nitrogens with zero attached hydrogens (tertiary/aromatic N) is 3. The number of fused-ring (bicyclic) bond motifs is 1. The van der Waals surface area contributed by atoms with Gasteiger partial charge in [0.25, 0.3) is 5.56 Å². The maximum absolute atomic E-state index is 12.6. The lowest BCUT2D eigenvalue weighted by Gasteiger charge is -2.10. The van der Waals surface area contributed by atoms with Gasteiger partial charge in [0, 0.05) is 28.6 Å². The molecule has 25 heavy (non-hydrogen) atoms. The molecular weight excluding hydrogens is 370 g/mol. The molecule has 0 atom stereocenters. The highest BCUT2D eigenvalue weighted by atomic mass is 32.2. The Morgan fingerprint density at radius 1 is 1.16 bits per heavy atom. The van der Waals surface area contributed by atoms with Gasteiger partial charge in [-0.3, -0.25) is 9.36 Å². The second-order valence-corrected chi connectivity index (χ2v) is 7.99. The number of thiophene rings is 1. The Balaban J connectivity index is 1.62. The zero-order valence-electron chi connectivity index (χ0n) is 13.5. The molecule has 0 fully saturated rings. The zero-order chi connectivity index (χ0) is 17.2. The fourth-order valence-electron chi connectivity index (χ4n) is 2.57. The molecule has 0 aliphatic rings. The molecule has 126 valence electrons. The third-order valence-corrected chi connectivity index (χ3v) is 6.45. The van der Waals surface area contributed by atoms with E-state index in [1.54, 1.807) is 39.0 Å². The van der Waals surface area contributed by atoms with Crippen LogP contribution in [0.3, 0.4) is 0 Å². The lowest BCUT2D eigenvalue weighted by molar-refractivity contribution is 0.634. The van der Waals surface area contributed by atoms with Gasteiger partial charge in [0.2, 0.25) is 0 Å². The van der Waals surface area contributed by atoms with Gasteiger partial charge in [-0.2, -0.15) is 11.3 Å². The molecule has 1 aromatic carbocycles. The van der Waals surface area contributed by atoms with Crippen LogP contribution in [-0.4, -0.2) is 14.5 Å². The summed E-state index contributed by atoms with van der Waals surface area (Å²) in [6, 6.07) is 9.59. The van der Waals surface area contributed by atoms with E-state index in [9.17, 15) is 4.79 Å². The van der Waals surface area contributed by atoms with Gasteiger partial charge in [-0.15, -0.1) is 11.3 Å². The van der Waals surface area contributed by atoms with Gasteiger partial charge in [0.1, 0.15) is 5.01 Å². The molecule has 3 heterocycles. The molecule has 0 aliphatic carbocycles. The van der Waals surface area contributed by atoms with Crippen LogP contribution in [0.5, 0.6) is 0 Å². The molecular formula is C18H15N3OS3. The van der Waals surface area contributed by atoms with Gasteiger partial charge in [-0.05, 0) is 30.5 Å². The molecule has 0 aliphatic heterocycles. The highest BCUT2D eigenvalue weighted by Gasteiger charge is 2.12. The zero-order valence-corrected chi connectivity index (χ0v) is 16.0. The number of para-hydroxylation sites is 1. The summed E-state index contributed by atoms with van der Waals surface area (Å²) in [6.45, 7) is 2.58. The summed E-state index contributed by atoms with van der Waals surface area (Å²) in [5, 5.41) is 8.70. The molecule has 0 radical (unpaired) electrons. The third-order valence-electron chi connectivity index (χ3n) is 3.81. The molecule has 0 bridgehead atoms. The van der Waals surface area contributed by atoms with Crippen LogP contribution < -0.4 is 5.56 Å². The van der Waals surface area contributed by atoms with Gasteiger partial charge in [0.05, 0.1) is 16.6 Å². The molecule has 0 saturated heterocycles. The van der Waals surface area contributed by atoms with Crippen molar-refractivity contribution in [2.24, 2.45) is 0 Å². The van der Waals surface area contributed by atoms with E-state index in [1.807, 2.05) is 31.2 Å². The Hall–Kier alpha value is -1.96. The van der Waals surface area contributed by atoms with Gasteiger partial charge < -0.3 is 0 Å². The summed E-state index contributed by atoms with van der Waals surface area (Å²) < 4.78 is 1.74. The maximum Gasteiger partial charge on any atom is 0.262 e. The Labute approximate surface area is 157 Å². The van der Waals surface area contributed by atoms with Crippen molar-refractivity contribution >= 4 is 45.3 Å². The van der Waals surface area contributed by atoms with Crippen molar-refractivity contribution in [2.45, 2.75) is 24.4 Å². The number of aromatic nitrogens is 3. The second kappa shape index (κ2) is 7.11. The number of benzene rings is 1. The van der Waals surface area contributed by atoms with E-state index in [4.69, 9.17) is 4.98 Å². The minimum absolute atomic E-state index is 0.0211. The predicted octanol–water partition coefficient (Wildman–Crippen LogP) is 4.89. The van der Waals surface area contributed by atoms with Crippen molar-refractivity contribution in [1.29, 1.82) is 0 Å². The van der Waals surface area contributed by atoms with Crippen LogP contribution in [0.25, 0.3) is 21.5 Å². The van der Waals surface area contributed by atoms with Crippen LogP contribution in [0.15, 0.2) is 56.4 Å². The molecule has 4 rings (SSSR count). The Morgan fingerprint density at radius 2 is 2.04 bits per heavy atom. The lowest BCUT2D eigenvalue weighted by atomic mass is 10.2. The molecule has 0 unspecified atom stereocenters. The molecule has 4 nitrogen and oxygen atoms in total. The summed E-state index contributed by atoms with van der Waals surface area (Å²) in [5.41, 5.74) is 2.95. The summed E-state index contributed by atoms with van der Waals surface area (Å²) in [7, 11) is 0. The van der Waals surface area contributed by atoms with Crippen molar-refractivity contribution in [3.8, 4) is 10.6 Å². The highest BCUT2D eigenvalue weighted by Crippen LogP contribution is 2.28. The van der Waals surface area contributed by atoms with Crippen LogP contribution >= 0.6 is 34.4 Å². The van der Waals surface area contributed by atoms with Crippen molar-refractivity contribution in [3.63, 3.8) is 0 Å². The molecule has 0 saturated carbocycles. The van der Waals surface area contributed by atoms with Gasteiger partial charge in [-0.25, -0.2) is 9.97 Å². The van der Waals surface area contributed by atoms with Crippen molar-refractivity contribution in [3.05, 3.63) is 62.5 Å². The largest absolute Gasteiger partial charge is 0.287 e. The Kier molecular flexibility index (Phi) is 4.70. The van der Waals surface area contributed by atoms with Gasteiger partial charge in [-0.1, -0.05) is 23.9 Å². The first-order chi connectivity index (χ1) is 12.3. The van der Waals surface area contributed by atoms with E-state index >= 15 is 0 Å². The second-order valence-electron chi connectivity index (χ2n) is 5.41. The van der Waals surface area contributed by atoms with Crippen LogP contribution in [0.4, 0.5) is 0 Å². The van der Waals surface area contributed by atoms with Crippen LogP contribution in [0, 0.1) is 0 Å². The molecule has 4 aromatic rings. The first-order valence-corrected chi connectivity index (χ1v) is 10.7. The Morgan fingerprint density at radius 3 is 2.84 bits per heavy atom. The highest BCUT2D eigenvalue weighted by molar-refractivity contribution is 7.98. The standard InChI is InChI=1S/C18H15N3OS3/c1-2-21-17(22)14-5-3-4-6-15(14)20-18(21)25-11-13-10-24-16(19-13)12-7-8-23-9-12/h3-10H,2,11H2,1H3. The van der Waals surface area contributed by atoms with E-state index in [-0.39, 0.29) is 5.56 Å². The number of hydrogen-bond acceptors (Lipinski definition) is 6. The van der Waals surface area contributed by atoms with Crippen LogP contribution in [-0.2, 0) is 12.3 Å². The monoisotopic (exact) mass is 385 g/mol. The van der Waals surface area contributed by atoms with Crippen molar-refractivity contribution < 1.29 is 0 Å². The quantitative estimate of drug-likeness (QED) is 0.362. The summed E-state index contributed by atoms with van der Waals surface area (Å²) in [5.74, 6) is 0.700. The topological polar surface area (TPSA) is 47.8 Å². The number of thioether (sulfide) groups is 1. The summed E-state index contributed by atoms with van der Waals surface area (Å²) >= 11 is 4.89. The molecule has 0 N–H and O–H groups in total. The van der Waals surface area contributed by atoms with Gasteiger partial charge >= 0.3 is 0 Å². The molecule has 0 spiro atoms. The predicted molar refractivity (Wildman–Crippen MR) is 107 cm³/mol. The Bertz CT molecular complexity index is 1070. The van der Waals surface area contributed by atoms with Crippen molar-refractivity contribution in [1.82, 2.24) is 14.5 Å².